The van der Waals surface area contributed by atoms with Crippen LogP contribution in [0.3, 0.4) is 0 Å². The molecule has 3 heterocycles. The number of carbonyl (C=O) groups is 1. The van der Waals surface area contributed by atoms with Crippen molar-refractivity contribution in [2.75, 3.05) is 19.7 Å². The first kappa shape index (κ1) is 14.4. The summed E-state index contributed by atoms with van der Waals surface area (Å²) in [5.74, 6) is 1.64. The van der Waals surface area contributed by atoms with Gasteiger partial charge in [0, 0.05) is 45.1 Å². The molecular weight excluding hydrogens is 268 g/mol. The van der Waals surface area contributed by atoms with Gasteiger partial charge in [-0.25, -0.2) is 9.78 Å². The summed E-state index contributed by atoms with van der Waals surface area (Å²) in [4.78, 5) is 16.2. The monoisotopic (exact) mass is 292 g/mol. The second-order valence-electron chi connectivity index (χ2n) is 6.37. The minimum absolute atomic E-state index is 0.0943. The number of urea groups is 1. The number of fused-ring (bicyclic) bond motifs is 1. The van der Waals surface area contributed by atoms with E-state index < -0.39 is 0 Å². The maximum absolute atomic E-state index is 11.9. The van der Waals surface area contributed by atoms with Gasteiger partial charge in [0.2, 0.25) is 0 Å². The lowest BCUT2D eigenvalue weighted by Gasteiger charge is -2.25. The molecule has 2 N–H and O–H groups in total. The molecule has 6 nitrogen and oxygen atoms in total. The van der Waals surface area contributed by atoms with Crippen LogP contribution in [0.2, 0.25) is 0 Å². The predicted molar refractivity (Wildman–Crippen MR) is 79.0 cm³/mol. The van der Waals surface area contributed by atoms with Crippen molar-refractivity contribution in [2.45, 2.75) is 44.8 Å². The van der Waals surface area contributed by atoms with Gasteiger partial charge in [0.25, 0.3) is 0 Å². The molecule has 0 unspecified atom stereocenters. The lowest BCUT2D eigenvalue weighted by molar-refractivity contribution is 0.0229. The van der Waals surface area contributed by atoms with Gasteiger partial charge < -0.3 is 19.9 Å². The van der Waals surface area contributed by atoms with E-state index in [9.17, 15) is 4.79 Å². The van der Waals surface area contributed by atoms with Crippen LogP contribution in [0, 0.1) is 5.92 Å². The Hall–Kier alpha value is -1.56. The summed E-state index contributed by atoms with van der Waals surface area (Å²) >= 11 is 0. The molecule has 0 aliphatic carbocycles. The minimum Gasteiger partial charge on any atom is -0.373 e. The molecule has 1 aromatic rings. The highest BCUT2D eigenvalue weighted by atomic mass is 16.5. The molecule has 0 bridgehead atoms. The molecule has 2 atom stereocenters. The van der Waals surface area contributed by atoms with Gasteiger partial charge in [-0.1, -0.05) is 0 Å². The third kappa shape index (κ3) is 3.56. The molecule has 0 aromatic carbocycles. The Kier molecular flexibility index (Phi) is 4.14. The van der Waals surface area contributed by atoms with Crippen LogP contribution >= 0.6 is 0 Å². The third-order valence-corrected chi connectivity index (χ3v) is 4.51. The van der Waals surface area contributed by atoms with E-state index in [-0.39, 0.29) is 11.6 Å². The van der Waals surface area contributed by atoms with Crippen molar-refractivity contribution in [1.82, 2.24) is 20.2 Å². The molecule has 116 valence electrons. The Morgan fingerprint density at radius 2 is 2.48 bits per heavy atom. The van der Waals surface area contributed by atoms with Gasteiger partial charge in [-0.15, -0.1) is 0 Å². The number of nitrogens with one attached hydrogen (secondary N) is 2. The zero-order chi connectivity index (χ0) is 14.7. The van der Waals surface area contributed by atoms with Crippen LogP contribution in [0.5, 0.6) is 0 Å². The quantitative estimate of drug-likeness (QED) is 0.879. The van der Waals surface area contributed by atoms with Crippen LogP contribution < -0.4 is 10.6 Å². The van der Waals surface area contributed by atoms with Crippen molar-refractivity contribution in [1.29, 1.82) is 0 Å². The number of nitrogens with zero attached hydrogens (tertiary/aromatic N) is 2. The van der Waals surface area contributed by atoms with Crippen molar-refractivity contribution >= 4 is 6.03 Å². The Labute approximate surface area is 125 Å². The number of ether oxygens (including phenoxy) is 1. The number of hydrogen-bond donors (Lipinski definition) is 2. The highest BCUT2D eigenvalue weighted by molar-refractivity contribution is 5.73. The first-order chi connectivity index (χ1) is 10.1. The standard InChI is InChI=1S/C15H24N4O2/c1-15(5-2-8-21-15)11-18-14(20)17-9-12-3-4-13-16-6-7-19(13)10-12/h6-7,12H,2-5,8-11H2,1H3,(H2,17,18,20)/t12-,15-/m1/s1. The van der Waals surface area contributed by atoms with Crippen molar-refractivity contribution in [3.8, 4) is 0 Å². The second kappa shape index (κ2) is 6.05. The number of aromatic nitrogens is 2. The van der Waals surface area contributed by atoms with Crippen molar-refractivity contribution in [2.24, 2.45) is 5.92 Å². The first-order valence-electron chi connectivity index (χ1n) is 7.80. The van der Waals surface area contributed by atoms with Crippen molar-refractivity contribution < 1.29 is 9.53 Å². The molecule has 1 aromatic heterocycles. The summed E-state index contributed by atoms with van der Waals surface area (Å²) in [7, 11) is 0. The molecule has 0 saturated carbocycles. The smallest absolute Gasteiger partial charge is 0.314 e. The molecule has 2 aliphatic heterocycles. The SMILES string of the molecule is C[C@]1(CNC(=O)NC[C@H]2CCc3nccn3C2)CCCO1. The molecular formula is C15H24N4O2. The summed E-state index contributed by atoms with van der Waals surface area (Å²) in [6.07, 6.45) is 8.03. The maximum Gasteiger partial charge on any atom is 0.314 e. The highest BCUT2D eigenvalue weighted by Gasteiger charge is 2.30. The van der Waals surface area contributed by atoms with Gasteiger partial charge in [-0.3, -0.25) is 0 Å². The molecule has 1 saturated heterocycles. The fraction of sp³-hybridized carbons (Fsp3) is 0.733. The first-order valence-corrected chi connectivity index (χ1v) is 7.80. The van der Waals surface area contributed by atoms with Gasteiger partial charge in [0.1, 0.15) is 5.82 Å². The summed E-state index contributed by atoms with van der Waals surface area (Å²) < 4.78 is 7.84. The van der Waals surface area contributed by atoms with Crippen molar-refractivity contribution in [3.05, 3.63) is 18.2 Å². The Bertz CT molecular complexity index is 494. The van der Waals surface area contributed by atoms with Gasteiger partial charge in [0.15, 0.2) is 0 Å². The van der Waals surface area contributed by atoms with Gasteiger partial charge in [-0.05, 0) is 32.1 Å². The molecule has 2 aliphatic rings. The number of amides is 2. The average molecular weight is 292 g/mol. The number of carbonyl (C=O) groups excluding carboxylic acids is 1. The zero-order valence-corrected chi connectivity index (χ0v) is 12.6. The lowest BCUT2D eigenvalue weighted by atomic mass is 9.99. The van der Waals surface area contributed by atoms with E-state index >= 15 is 0 Å². The van der Waals surface area contributed by atoms with E-state index in [0.29, 0.717) is 19.0 Å². The molecule has 3 rings (SSSR count). The number of hydrogen-bond acceptors (Lipinski definition) is 3. The summed E-state index contributed by atoms with van der Waals surface area (Å²) in [6.45, 7) is 5.09. The maximum atomic E-state index is 11.9. The highest BCUT2D eigenvalue weighted by Crippen LogP contribution is 2.23. The normalized spacial score (nSPS) is 28.1. The summed E-state index contributed by atoms with van der Waals surface area (Å²) in [5.41, 5.74) is -0.187. The number of aryl methyl sites for hydroxylation is 1. The van der Waals surface area contributed by atoms with Gasteiger partial charge in [-0.2, -0.15) is 0 Å². The van der Waals surface area contributed by atoms with Crippen LogP contribution in [-0.4, -0.2) is 40.9 Å². The Balaban J connectivity index is 1.38. The van der Waals surface area contributed by atoms with Crippen LogP contribution in [0.15, 0.2) is 12.4 Å². The molecule has 0 spiro atoms. The van der Waals surface area contributed by atoms with Crippen LogP contribution in [0.1, 0.15) is 32.0 Å². The zero-order valence-electron chi connectivity index (χ0n) is 12.6. The molecule has 1 fully saturated rings. The van der Waals surface area contributed by atoms with Crippen molar-refractivity contribution in [3.63, 3.8) is 0 Å². The van der Waals surface area contributed by atoms with Crippen LogP contribution in [0.25, 0.3) is 0 Å². The van der Waals surface area contributed by atoms with E-state index in [1.54, 1.807) is 0 Å². The van der Waals surface area contributed by atoms with E-state index in [2.05, 4.69) is 27.1 Å². The summed E-state index contributed by atoms with van der Waals surface area (Å²) in [5, 5.41) is 5.90. The largest absolute Gasteiger partial charge is 0.373 e. The molecule has 6 heteroatoms. The fourth-order valence-electron chi connectivity index (χ4n) is 3.15. The van der Waals surface area contributed by atoms with E-state index in [1.807, 2.05) is 12.4 Å². The molecule has 0 radical (unpaired) electrons. The fourth-order valence-corrected chi connectivity index (χ4v) is 3.15. The Morgan fingerprint density at radius 1 is 1.57 bits per heavy atom. The number of imidazole rings is 1. The van der Waals surface area contributed by atoms with E-state index in [0.717, 1.165) is 44.7 Å². The van der Waals surface area contributed by atoms with Crippen LogP contribution in [-0.2, 0) is 17.7 Å². The average Bonchev–Trinajstić information content (AvgIpc) is 3.11. The Morgan fingerprint density at radius 3 is 3.29 bits per heavy atom. The topological polar surface area (TPSA) is 68.2 Å². The van der Waals surface area contributed by atoms with E-state index in [4.69, 9.17) is 4.74 Å². The predicted octanol–water partition coefficient (Wildman–Crippen LogP) is 1.31. The van der Waals surface area contributed by atoms with Crippen LogP contribution in [0.4, 0.5) is 4.79 Å². The van der Waals surface area contributed by atoms with Gasteiger partial charge >= 0.3 is 6.03 Å². The molecule has 2 amide bonds. The third-order valence-electron chi connectivity index (χ3n) is 4.51. The summed E-state index contributed by atoms with van der Waals surface area (Å²) in [6, 6.07) is -0.0943. The lowest BCUT2D eigenvalue weighted by Crippen LogP contribution is -2.46. The number of rotatable bonds is 4. The van der Waals surface area contributed by atoms with E-state index in [1.165, 1.54) is 0 Å². The minimum atomic E-state index is -0.187. The second-order valence-corrected chi connectivity index (χ2v) is 6.37. The van der Waals surface area contributed by atoms with Gasteiger partial charge in [0.05, 0.1) is 5.60 Å². The molecule has 21 heavy (non-hydrogen) atoms.